The molecular formula is C18H22N2O. The molecule has 3 heteroatoms. The molecule has 1 atom stereocenters. The zero-order valence-electron chi connectivity index (χ0n) is 13.0. The molecule has 0 aromatic heterocycles. The number of carbonyl (C=O) groups is 1. The van der Waals surface area contributed by atoms with Crippen molar-refractivity contribution in [3.63, 3.8) is 0 Å². The number of rotatable bonds is 4. The van der Waals surface area contributed by atoms with E-state index in [-0.39, 0.29) is 11.9 Å². The summed E-state index contributed by atoms with van der Waals surface area (Å²) in [5.41, 5.74) is 4.84. The van der Waals surface area contributed by atoms with E-state index in [1.54, 1.807) is 0 Å². The minimum Gasteiger partial charge on any atom is -0.322 e. The average Bonchev–Trinajstić information content (AvgIpc) is 2.46. The maximum absolute atomic E-state index is 12.4. The molecular weight excluding hydrogens is 260 g/mol. The molecule has 0 aliphatic carbocycles. The van der Waals surface area contributed by atoms with Crippen LogP contribution in [-0.2, 0) is 0 Å². The fraction of sp³-hybridized carbons (Fsp3) is 0.278. The van der Waals surface area contributed by atoms with E-state index < -0.39 is 0 Å². The first-order valence-electron chi connectivity index (χ1n) is 7.17. The van der Waals surface area contributed by atoms with Crippen molar-refractivity contribution >= 4 is 11.6 Å². The summed E-state index contributed by atoms with van der Waals surface area (Å²) in [5.74, 6) is -0.0678. The highest BCUT2D eigenvalue weighted by Gasteiger charge is 2.10. The molecule has 0 spiro atoms. The molecule has 1 amide bonds. The predicted molar refractivity (Wildman–Crippen MR) is 87.8 cm³/mol. The van der Waals surface area contributed by atoms with E-state index in [4.69, 9.17) is 0 Å². The van der Waals surface area contributed by atoms with Gasteiger partial charge in [-0.2, -0.15) is 0 Å². The molecule has 0 fully saturated rings. The lowest BCUT2D eigenvalue weighted by Crippen LogP contribution is -2.15. The summed E-state index contributed by atoms with van der Waals surface area (Å²) in [6.07, 6.45) is 0. The summed E-state index contributed by atoms with van der Waals surface area (Å²) in [4.78, 5) is 12.4. The fourth-order valence-electron chi connectivity index (χ4n) is 2.32. The highest BCUT2D eigenvalue weighted by atomic mass is 16.1. The third kappa shape index (κ3) is 3.70. The monoisotopic (exact) mass is 282 g/mol. The molecule has 3 nitrogen and oxygen atoms in total. The predicted octanol–water partition coefficient (Wildman–Crippen LogP) is 3.84. The van der Waals surface area contributed by atoms with E-state index in [0.29, 0.717) is 5.56 Å². The summed E-state index contributed by atoms with van der Waals surface area (Å²) in [5, 5.41) is 6.17. The van der Waals surface area contributed by atoms with E-state index in [1.165, 1.54) is 0 Å². The van der Waals surface area contributed by atoms with E-state index in [0.717, 1.165) is 22.4 Å². The fourth-order valence-corrected chi connectivity index (χ4v) is 2.32. The van der Waals surface area contributed by atoms with Gasteiger partial charge in [0.1, 0.15) is 0 Å². The van der Waals surface area contributed by atoms with Crippen molar-refractivity contribution in [2.75, 3.05) is 12.4 Å². The van der Waals surface area contributed by atoms with Crippen LogP contribution in [0.4, 0.5) is 5.69 Å². The highest BCUT2D eigenvalue weighted by Crippen LogP contribution is 2.18. The van der Waals surface area contributed by atoms with Gasteiger partial charge in [-0.3, -0.25) is 4.79 Å². The van der Waals surface area contributed by atoms with Crippen molar-refractivity contribution in [3.8, 4) is 0 Å². The molecule has 2 N–H and O–H groups in total. The van der Waals surface area contributed by atoms with Gasteiger partial charge in [0.05, 0.1) is 0 Å². The molecule has 0 aliphatic heterocycles. The van der Waals surface area contributed by atoms with E-state index in [9.17, 15) is 4.79 Å². The Morgan fingerprint density at radius 1 is 1.10 bits per heavy atom. The van der Waals surface area contributed by atoms with Gasteiger partial charge in [0.2, 0.25) is 0 Å². The van der Waals surface area contributed by atoms with Gasteiger partial charge in [-0.15, -0.1) is 0 Å². The molecule has 0 radical (unpaired) electrons. The molecule has 2 rings (SSSR count). The third-order valence-corrected chi connectivity index (χ3v) is 3.70. The molecule has 110 valence electrons. The lowest BCUT2D eigenvalue weighted by molar-refractivity contribution is 0.102. The number of hydrogen-bond acceptors (Lipinski definition) is 2. The SMILES string of the molecule is CNC(C)c1cccc(NC(=O)c2ccc(C)cc2C)c1. The van der Waals surface area contributed by atoms with Gasteiger partial charge in [0.15, 0.2) is 0 Å². The average molecular weight is 282 g/mol. The van der Waals surface area contributed by atoms with Gasteiger partial charge < -0.3 is 10.6 Å². The Bertz CT molecular complexity index is 649. The molecule has 0 heterocycles. The Hall–Kier alpha value is -2.13. The van der Waals surface area contributed by atoms with E-state index >= 15 is 0 Å². The molecule has 21 heavy (non-hydrogen) atoms. The van der Waals surface area contributed by atoms with Crippen LogP contribution in [0.15, 0.2) is 42.5 Å². The second kappa shape index (κ2) is 6.55. The van der Waals surface area contributed by atoms with Crippen molar-refractivity contribution in [2.24, 2.45) is 0 Å². The first kappa shape index (κ1) is 15.3. The zero-order chi connectivity index (χ0) is 15.4. The van der Waals surface area contributed by atoms with Crippen LogP contribution in [-0.4, -0.2) is 13.0 Å². The highest BCUT2D eigenvalue weighted by molar-refractivity contribution is 6.05. The van der Waals surface area contributed by atoms with E-state index in [2.05, 4.69) is 17.6 Å². The molecule has 2 aromatic carbocycles. The molecule has 0 saturated carbocycles. The summed E-state index contributed by atoms with van der Waals surface area (Å²) >= 11 is 0. The number of aryl methyl sites for hydroxylation is 2. The third-order valence-electron chi connectivity index (χ3n) is 3.70. The van der Waals surface area contributed by atoms with Gasteiger partial charge in [-0.1, -0.05) is 29.8 Å². The Balaban J connectivity index is 2.19. The van der Waals surface area contributed by atoms with Gasteiger partial charge in [-0.05, 0) is 57.1 Å². The topological polar surface area (TPSA) is 41.1 Å². The number of amides is 1. The largest absolute Gasteiger partial charge is 0.322 e. The minimum atomic E-state index is -0.0678. The van der Waals surface area contributed by atoms with Crippen LogP contribution < -0.4 is 10.6 Å². The second-order valence-electron chi connectivity index (χ2n) is 5.41. The van der Waals surface area contributed by atoms with Crippen LogP contribution in [0, 0.1) is 13.8 Å². The quantitative estimate of drug-likeness (QED) is 0.894. The second-order valence-corrected chi connectivity index (χ2v) is 5.41. The summed E-state index contributed by atoms with van der Waals surface area (Å²) in [6.45, 7) is 6.07. The van der Waals surface area contributed by atoms with Gasteiger partial charge in [0.25, 0.3) is 5.91 Å². The summed E-state index contributed by atoms with van der Waals surface area (Å²) in [6, 6.07) is 14.0. The Morgan fingerprint density at radius 3 is 2.52 bits per heavy atom. The molecule has 2 aromatic rings. The number of carbonyl (C=O) groups excluding carboxylic acids is 1. The molecule has 0 bridgehead atoms. The minimum absolute atomic E-state index is 0.0678. The molecule has 1 unspecified atom stereocenters. The van der Waals surface area contributed by atoms with Crippen LogP contribution in [0.2, 0.25) is 0 Å². The number of nitrogens with one attached hydrogen (secondary N) is 2. The van der Waals surface area contributed by atoms with Crippen LogP contribution in [0.5, 0.6) is 0 Å². The summed E-state index contributed by atoms with van der Waals surface area (Å²) in [7, 11) is 1.92. The van der Waals surface area contributed by atoms with Crippen molar-refractivity contribution in [3.05, 3.63) is 64.7 Å². The normalized spacial score (nSPS) is 12.0. The first-order chi connectivity index (χ1) is 10.0. The van der Waals surface area contributed by atoms with Gasteiger partial charge in [-0.25, -0.2) is 0 Å². The maximum atomic E-state index is 12.4. The van der Waals surface area contributed by atoms with Gasteiger partial charge >= 0.3 is 0 Å². The first-order valence-corrected chi connectivity index (χ1v) is 7.17. The Morgan fingerprint density at radius 2 is 1.86 bits per heavy atom. The van der Waals surface area contributed by atoms with Crippen molar-refractivity contribution < 1.29 is 4.79 Å². The number of hydrogen-bond donors (Lipinski definition) is 2. The van der Waals surface area contributed by atoms with Crippen molar-refractivity contribution in [1.82, 2.24) is 5.32 Å². The van der Waals surface area contributed by atoms with Crippen molar-refractivity contribution in [1.29, 1.82) is 0 Å². The molecule has 0 saturated heterocycles. The molecule has 0 aliphatic rings. The maximum Gasteiger partial charge on any atom is 0.255 e. The van der Waals surface area contributed by atoms with Crippen LogP contribution >= 0.6 is 0 Å². The Kier molecular flexibility index (Phi) is 4.76. The van der Waals surface area contributed by atoms with Crippen LogP contribution in [0.3, 0.4) is 0 Å². The van der Waals surface area contributed by atoms with Crippen LogP contribution in [0.25, 0.3) is 0 Å². The lowest BCUT2D eigenvalue weighted by atomic mass is 10.0. The smallest absolute Gasteiger partial charge is 0.255 e. The van der Waals surface area contributed by atoms with Gasteiger partial charge in [0, 0.05) is 17.3 Å². The summed E-state index contributed by atoms with van der Waals surface area (Å²) < 4.78 is 0. The zero-order valence-corrected chi connectivity index (χ0v) is 13.0. The van der Waals surface area contributed by atoms with Crippen molar-refractivity contribution in [2.45, 2.75) is 26.8 Å². The van der Waals surface area contributed by atoms with E-state index in [1.807, 2.05) is 63.4 Å². The number of benzene rings is 2. The van der Waals surface area contributed by atoms with Crippen LogP contribution in [0.1, 0.15) is 40.0 Å². The number of anilines is 1. The lowest BCUT2D eigenvalue weighted by Gasteiger charge is -2.13. The Labute approximate surface area is 126 Å². The standard InChI is InChI=1S/C18H22N2O/c1-12-8-9-17(13(2)10-12)18(21)20-16-7-5-6-15(11-16)14(3)19-4/h5-11,14,19H,1-4H3,(H,20,21).